The lowest BCUT2D eigenvalue weighted by Gasteiger charge is -2.17. The number of rotatable bonds is 6. The highest BCUT2D eigenvalue weighted by molar-refractivity contribution is 5.88. The third-order valence-electron chi connectivity index (χ3n) is 4.32. The number of fused-ring (bicyclic) bond motifs is 1. The zero-order valence-electron chi connectivity index (χ0n) is 14.7. The Hall–Kier alpha value is -3.14. The third-order valence-corrected chi connectivity index (χ3v) is 4.32. The minimum atomic E-state index is -0.202. The summed E-state index contributed by atoms with van der Waals surface area (Å²) in [6, 6.07) is 23.5. The molecule has 4 heteroatoms. The van der Waals surface area contributed by atoms with Crippen LogP contribution >= 0.6 is 0 Å². The summed E-state index contributed by atoms with van der Waals surface area (Å²) >= 11 is 0. The lowest BCUT2D eigenvalue weighted by Crippen LogP contribution is -2.38. The molecule has 132 valence electrons. The maximum Gasteiger partial charge on any atom is 0.239 e. The molecule has 0 saturated carbocycles. The Morgan fingerprint density at radius 2 is 1.54 bits per heavy atom. The Bertz CT molecular complexity index is 901. The van der Waals surface area contributed by atoms with Gasteiger partial charge in [-0.25, -0.2) is 0 Å². The van der Waals surface area contributed by atoms with Gasteiger partial charge in [0.05, 0.1) is 19.0 Å². The van der Waals surface area contributed by atoms with Gasteiger partial charge in [0.15, 0.2) is 0 Å². The van der Waals surface area contributed by atoms with Gasteiger partial charge in [0.1, 0.15) is 0 Å². The van der Waals surface area contributed by atoms with Crippen molar-refractivity contribution in [2.24, 2.45) is 0 Å². The molecule has 4 nitrogen and oxygen atoms in total. The van der Waals surface area contributed by atoms with E-state index in [1.807, 2.05) is 61.5 Å². The van der Waals surface area contributed by atoms with Crippen molar-refractivity contribution < 1.29 is 9.59 Å². The van der Waals surface area contributed by atoms with E-state index in [-0.39, 0.29) is 30.8 Å². The van der Waals surface area contributed by atoms with Crippen molar-refractivity contribution >= 4 is 22.6 Å². The average molecular weight is 346 g/mol. The Kier molecular flexibility index (Phi) is 5.64. The molecule has 0 aliphatic heterocycles. The fourth-order valence-electron chi connectivity index (χ4n) is 3.02. The number of benzene rings is 3. The van der Waals surface area contributed by atoms with Crippen molar-refractivity contribution in [1.29, 1.82) is 0 Å². The first kappa shape index (κ1) is 17.7. The van der Waals surface area contributed by atoms with E-state index in [1.54, 1.807) is 0 Å². The predicted molar refractivity (Wildman–Crippen MR) is 104 cm³/mol. The van der Waals surface area contributed by atoms with E-state index >= 15 is 0 Å². The molecule has 0 aromatic heterocycles. The molecule has 0 spiro atoms. The molecule has 1 unspecified atom stereocenters. The van der Waals surface area contributed by atoms with Crippen molar-refractivity contribution in [3.63, 3.8) is 0 Å². The van der Waals surface area contributed by atoms with Crippen molar-refractivity contribution in [2.45, 2.75) is 19.4 Å². The van der Waals surface area contributed by atoms with Crippen molar-refractivity contribution in [3.8, 4) is 0 Å². The van der Waals surface area contributed by atoms with Gasteiger partial charge >= 0.3 is 0 Å². The molecule has 26 heavy (non-hydrogen) atoms. The summed E-state index contributed by atoms with van der Waals surface area (Å²) in [6.45, 7) is 1.92. The second-order valence-corrected chi connectivity index (χ2v) is 6.30. The molecule has 0 saturated heterocycles. The second kappa shape index (κ2) is 8.30. The Labute approximate surface area is 153 Å². The first-order valence-corrected chi connectivity index (χ1v) is 8.71. The number of carbonyl (C=O) groups excluding carboxylic acids is 2. The third kappa shape index (κ3) is 4.48. The molecule has 3 aromatic rings. The van der Waals surface area contributed by atoms with E-state index in [9.17, 15) is 9.59 Å². The largest absolute Gasteiger partial charge is 0.348 e. The van der Waals surface area contributed by atoms with Gasteiger partial charge in [-0.2, -0.15) is 0 Å². The van der Waals surface area contributed by atoms with Gasteiger partial charge < -0.3 is 10.6 Å². The molecule has 3 aromatic carbocycles. The summed E-state index contributed by atoms with van der Waals surface area (Å²) in [5.74, 6) is -0.365. The minimum absolute atomic E-state index is 0.0270. The average Bonchev–Trinajstić information content (AvgIpc) is 2.66. The predicted octanol–water partition coefficient (Wildman–Crippen LogP) is 3.38. The molecule has 1 atom stereocenters. The molecule has 0 radical (unpaired) electrons. The number of hydrogen-bond acceptors (Lipinski definition) is 2. The minimum Gasteiger partial charge on any atom is -0.348 e. The molecule has 2 amide bonds. The summed E-state index contributed by atoms with van der Waals surface area (Å²) in [4.78, 5) is 24.2. The molecule has 0 heterocycles. The van der Waals surface area contributed by atoms with Crippen LogP contribution in [0.25, 0.3) is 10.8 Å². The Morgan fingerprint density at radius 1 is 0.846 bits per heavy atom. The van der Waals surface area contributed by atoms with Gasteiger partial charge in [-0.1, -0.05) is 72.8 Å². The van der Waals surface area contributed by atoms with E-state index in [4.69, 9.17) is 0 Å². The van der Waals surface area contributed by atoms with Gasteiger partial charge in [-0.3, -0.25) is 9.59 Å². The summed E-state index contributed by atoms with van der Waals surface area (Å²) < 4.78 is 0. The zero-order valence-corrected chi connectivity index (χ0v) is 14.7. The summed E-state index contributed by atoms with van der Waals surface area (Å²) in [5.41, 5.74) is 1.99. The van der Waals surface area contributed by atoms with Crippen molar-refractivity contribution in [1.82, 2.24) is 10.6 Å². The van der Waals surface area contributed by atoms with Crippen LogP contribution in [0.2, 0.25) is 0 Å². The van der Waals surface area contributed by atoms with Crippen LogP contribution in [0.5, 0.6) is 0 Å². The number of carbonyl (C=O) groups is 2. The van der Waals surface area contributed by atoms with Crippen LogP contribution in [0.4, 0.5) is 0 Å². The van der Waals surface area contributed by atoms with E-state index in [1.165, 1.54) is 0 Å². The number of nitrogens with one attached hydrogen (secondary N) is 2. The van der Waals surface area contributed by atoms with Gasteiger partial charge in [0, 0.05) is 0 Å². The van der Waals surface area contributed by atoms with Crippen LogP contribution in [0.3, 0.4) is 0 Å². The summed E-state index contributed by atoms with van der Waals surface area (Å²) in [7, 11) is 0. The molecular formula is C22H22N2O2. The quantitative estimate of drug-likeness (QED) is 0.719. The first-order valence-electron chi connectivity index (χ1n) is 8.71. The topological polar surface area (TPSA) is 58.2 Å². The Balaban J connectivity index is 1.55. The molecule has 0 bridgehead atoms. The number of hydrogen-bond donors (Lipinski definition) is 2. The highest BCUT2D eigenvalue weighted by Gasteiger charge is 2.13. The second-order valence-electron chi connectivity index (χ2n) is 6.30. The van der Waals surface area contributed by atoms with Gasteiger partial charge in [-0.15, -0.1) is 0 Å². The van der Waals surface area contributed by atoms with Crippen LogP contribution < -0.4 is 10.6 Å². The van der Waals surface area contributed by atoms with Crippen LogP contribution in [-0.4, -0.2) is 18.4 Å². The first-order chi connectivity index (χ1) is 12.6. The van der Waals surface area contributed by atoms with Crippen molar-refractivity contribution in [2.75, 3.05) is 6.54 Å². The zero-order chi connectivity index (χ0) is 18.4. The fraction of sp³-hybridized carbons (Fsp3) is 0.182. The number of amides is 2. The van der Waals surface area contributed by atoms with E-state index in [2.05, 4.69) is 28.8 Å². The lowest BCUT2D eigenvalue weighted by atomic mass is 10.00. The smallest absolute Gasteiger partial charge is 0.239 e. The maximum atomic E-state index is 12.2. The van der Waals surface area contributed by atoms with E-state index in [0.29, 0.717) is 0 Å². The normalized spacial score (nSPS) is 11.7. The van der Waals surface area contributed by atoms with Crippen LogP contribution in [-0.2, 0) is 16.0 Å². The SMILES string of the molecule is CC(NC(=O)CNC(=O)Cc1ccccc1)c1cccc2ccccc12. The van der Waals surface area contributed by atoms with Gasteiger partial charge in [0.25, 0.3) is 0 Å². The van der Waals surface area contributed by atoms with E-state index in [0.717, 1.165) is 21.9 Å². The highest BCUT2D eigenvalue weighted by atomic mass is 16.2. The van der Waals surface area contributed by atoms with Crippen molar-refractivity contribution in [3.05, 3.63) is 83.9 Å². The molecule has 0 aliphatic rings. The highest BCUT2D eigenvalue weighted by Crippen LogP contribution is 2.23. The van der Waals surface area contributed by atoms with E-state index < -0.39 is 0 Å². The van der Waals surface area contributed by atoms with Gasteiger partial charge in [-0.05, 0) is 28.8 Å². The standard InChI is InChI=1S/C22H22N2O2/c1-16(19-13-7-11-18-10-5-6-12-20(18)19)24-22(26)15-23-21(25)14-17-8-3-2-4-9-17/h2-13,16H,14-15H2,1H3,(H,23,25)(H,24,26). The fourth-order valence-corrected chi connectivity index (χ4v) is 3.02. The Morgan fingerprint density at radius 3 is 2.35 bits per heavy atom. The van der Waals surface area contributed by atoms with Crippen LogP contribution in [0, 0.1) is 0 Å². The summed E-state index contributed by atoms with van der Waals surface area (Å²) in [5, 5.41) is 7.89. The molecule has 2 N–H and O–H groups in total. The lowest BCUT2D eigenvalue weighted by molar-refractivity contribution is -0.126. The molecule has 0 aliphatic carbocycles. The summed E-state index contributed by atoms with van der Waals surface area (Å²) in [6.07, 6.45) is 0.271. The maximum absolute atomic E-state index is 12.2. The monoisotopic (exact) mass is 346 g/mol. The molecule has 0 fully saturated rings. The van der Waals surface area contributed by atoms with Crippen LogP contribution in [0.15, 0.2) is 72.8 Å². The molecule has 3 rings (SSSR count). The molecular weight excluding hydrogens is 324 g/mol. The van der Waals surface area contributed by atoms with Gasteiger partial charge in [0.2, 0.25) is 11.8 Å². The van der Waals surface area contributed by atoms with Crippen LogP contribution in [0.1, 0.15) is 24.1 Å².